The zero-order chi connectivity index (χ0) is 79.0. The summed E-state index contributed by atoms with van der Waals surface area (Å²) in [5.74, 6) is 0.00421. The van der Waals surface area contributed by atoms with E-state index < -0.39 is 0 Å². The van der Waals surface area contributed by atoms with E-state index in [4.69, 9.17) is 29.9 Å². The summed E-state index contributed by atoms with van der Waals surface area (Å²) in [6, 6.07) is 99.9. The molecule has 0 N–H and O–H groups in total. The topological polar surface area (TPSA) is 144 Å². The quantitative estimate of drug-likeness (QED) is 0.108. The van der Waals surface area contributed by atoms with E-state index in [2.05, 4.69) is 19.9 Å². The minimum absolute atomic E-state index is 0.355. The molecule has 0 saturated heterocycles. The Morgan fingerprint density at radius 2 is 0.444 bits per heavy atom. The molecule has 0 bridgehead atoms. The first-order valence-corrected chi connectivity index (χ1v) is 37.4. The summed E-state index contributed by atoms with van der Waals surface area (Å²) in [6.07, 6.45) is 6.96. The number of hydrogen-bond acceptors (Lipinski definition) is 10. The molecule has 0 atom stereocenters. The first kappa shape index (κ1) is 71.5. The van der Waals surface area contributed by atoms with Crippen LogP contribution < -0.4 is 0 Å². The number of fused-ring (bicyclic) bond motifs is 9. The number of pyridine rings is 5. The molecule has 0 fully saturated rings. The number of aromatic nitrogens is 13. The van der Waals surface area contributed by atoms with Gasteiger partial charge in [0.1, 0.15) is 40.6 Å². The lowest BCUT2D eigenvalue weighted by Crippen LogP contribution is -2.01. The van der Waals surface area contributed by atoms with Crippen LogP contribution in [0.4, 0.5) is 26.3 Å². The molecular formula is C98H59F6N13. The highest BCUT2D eigenvalue weighted by molar-refractivity contribution is 6.11. The smallest absolute Gasteiger partial charge is 0.182 e. The van der Waals surface area contributed by atoms with Gasteiger partial charge in [-0.3, -0.25) is 19.9 Å². The second-order valence-electron chi connectivity index (χ2n) is 27.6. The Morgan fingerprint density at radius 3 is 0.778 bits per heavy atom. The lowest BCUT2D eigenvalue weighted by molar-refractivity contribution is 0.628. The Morgan fingerprint density at radius 1 is 0.171 bits per heavy atom. The van der Waals surface area contributed by atoms with Crippen LogP contribution in [-0.2, 0) is 0 Å². The normalized spacial score (nSPS) is 11.3. The largest absolute Gasteiger partial charge is 0.309 e. The van der Waals surface area contributed by atoms with Gasteiger partial charge >= 0.3 is 0 Å². The van der Waals surface area contributed by atoms with Crippen molar-refractivity contribution in [2.75, 3.05) is 0 Å². The van der Waals surface area contributed by atoms with Gasteiger partial charge in [-0.05, 0) is 236 Å². The number of benzene rings is 11. The number of nitrogens with zero attached hydrogens (tertiary/aromatic N) is 13. The van der Waals surface area contributed by atoms with E-state index in [-0.39, 0.29) is 34.9 Å². The molecule has 0 spiro atoms. The Labute approximate surface area is 664 Å². The SMILES string of the molecule is Fc1ccc2c(c1)c1cc(F)ccc1n2-c1ccc(-c2cc(-c3ccccn3)nc(-c3ccccc3)n2)cc1.Fc1ccc2c(c1)c1cc(F)ccc1n2-c1ccc(-c2cc(-c3ccccn3)nc(-c3ccccn3)c2)cc1.Fc1ccc2c(c1)c1cc(F)ccc1n2-c1ccc(-c2nc(-c3ccccc3)nc(-c3ccccn3)n2)cc1. The Balaban J connectivity index is 0.000000117. The summed E-state index contributed by atoms with van der Waals surface area (Å²) in [7, 11) is 0. The van der Waals surface area contributed by atoms with Crippen molar-refractivity contribution >= 4 is 65.4 Å². The summed E-state index contributed by atoms with van der Waals surface area (Å²) in [5.41, 5.74) is 18.8. The van der Waals surface area contributed by atoms with Gasteiger partial charge in [-0.1, -0.05) is 109 Å². The van der Waals surface area contributed by atoms with Crippen molar-refractivity contribution in [3.05, 3.63) is 393 Å². The molecule has 0 unspecified atom stereocenters. The molecule has 21 aromatic rings. The zero-order valence-electron chi connectivity index (χ0n) is 61.6. The van der Waals surface area contributed by atoms with Crippen molar-refractivity contribution in [2.45, 2.75) is 0 Å². The van der Waals surface area contributed by atoms with Crippen molar-refractivity contribution < 1.29 is 26.3 Å². The van der Waals surface area contributed by atoms with E-state index in [1.165, 1.54) is 72.8 Å². The molecule has 558 valence electrons. The maximum atomic E-state index is 14.1. The summed E-state index contributed by atoms with van der Waals surface area (Å²) in [5, 5.41) is 3.97. The van der Waals surface area contributed by atoms with E-state index in [0.29, 0.717) is 61.3 Å². The van der Waals surface area contributed by atoms with Crippen LogP contribution in [-0.4, -0.2) is 63.5 Å². The van der Waals surface area contributed by atoms with Gasteiger partial charge in [-0.25, -0.2) is 56.2 Å². The Kier molecular flexibility index (Phi) is 18.8. The van der Waals surface area contributed by atoms with Gasteiger partial charge in [0.25, 0.3) is 0 Å². The zero-order valence-corrected chi connectivity index (χ0v) is 61.6. The van der Waals surface area contributed by atoms with Gasteiger partial charge in [0.2, 0.25) is 0 Å². The molecule has 19 heteroatoms. The summed E-state index contributed by atoms with van der Waals surface area (Å²) >= 11 is 0. The molecule has 10 heterocycles. The third kappa shape index (κ3) is 14.3. The highest BCUT2D eigenvalue weighted by Gasteiger charge is 2.21. The van der Waals surface area contributed by atoms with Gasteiger partial charge < -0.3 is 13.7 Å². The molecular weight excluding hydrogens is 1470 g/mol. The van der Waals surface area contributed by atoms with Crippen LogP contribution >= 0.6 is 0 Å². The van der Waals surface area contributed by atoms with Gasteiger partial charge in [-0.2, -0.15) is 0 Å². The number of halogens is 6. The highest BCUT2D eigenvalue weighted by Crippen LogP contribution is 2.40. The molecule has 0 amide bonds. The Hall–Kier alpha value is -15.8. The van der Waals surface area contributed by atoms with Crippen LogP contribution in [0.15, 0.2) is 358 Å². The van der Waals surface area contributed by atoms with E-state index in [0.717, 1.165) is 123 Å². The second-order valence-corrected chi connectivity index (χ2v) is 27.6. The first-order valence-electron chi connectivity index (χ1n) is 37.4. The van der Waals surface area contributed by atoms with Gasteiger partial charge in [0.15, 0.2) is 23.3 Å². The van der Waals surface area contributed by atoms with Crippen molar-refractivity contribution in [3.8, 4) is 119 Å². The number of hydrogen-bond donors (Lipinski definition) is 0. The molecule has 21 rings (SSSR count). The second kappa shape index (κ2) is 30.7. The maximum absolute atomic E-state index is 14.1. The van der Waals surface area contributed by atoms with Crippen LogP contribution in [0.5, 0.6) is 0 Å². The average Bonchev–Trinajstić information content (AvgIpc) is 1.61. The van der Waals surface area contributed by atoms with Crippen molar-refractivity contribution in [1.29, 1.82) is 0 Å². The van der Waals surface area contributed by atoms with Crippen LogP contribution in [0.3, 0.4) is 0 Å². The van der Waals surface area contributed by atoms with Crippen molar-refractivity contribution in [2.24, 2.45) is 0 Å². The average molecular weight is 1530 g/mol. The van der Waals surface area contributed by atoms with Crippen LogP contribution in [0.2, 0.25) is 0 Å². The van der Waals surface area contributed by atoms with E-state index in [1.54, 1.807) is 61.2 Å². The van der Waals surface area contributed by atoms with Crippen LogP contribution in [0.1, 0.15) is 0 Å². The minimum Gasteiger partial charge on any atom is -0.309 e. The predicted octanol–water partition coefficient (Wildman–Crippen LogP) is 24.1. The van der Waals surface area contributed by atoms with Gasteiger partial charge in [0, 0.05) is 96.4 Å². The van der Waals surface area contributed by atoms with Crippen molar-refractivity contribution in [3.63, 3.8) is 0 Å². The van der Waals surface area contributed by atoms with Crippen LogP contribution in [0, 0.1) is 34.9 Å². The lowest BCUT2D eigenvalue weighted by atomic mass is 10.0. The summed E-state index contributed by atoms with van der Waals surface area (Å²) in [6.45, 7) is 0. The fourth-order valence-electron chi connectivity index (χ4n) is 14.9. The predicted molar refractivity (Wildman–Crippen MR) is 449 cm³/mol. The third-order valence-corrected chi connectivity index (χ3v) is 20.3. The van der Waals surface area contributed by atoms with Gasteiger partial charge in [0.05, 0.1) is 73.0 Å². The summed E-state index contributed by atoms with van der Waals surface area (Å²) < 4.78 is 90.7. The standard InChI is InChI=1S/2C33H20F2N4.C32H19F2N5/c34-23-9-13-32-26(19-23)27-20-24(35)10-14-33(27)39(32)25-11-7-21(8-12-25)22-17-30(28-5-1-3-15-36-28)38-31(18-22)29-6-2-4-16-37-29;34-23-11-15-31-26(18-23)27-19-24(35)12-16-32(27)39(31)25-13-9-21(10-14-25)29-20-30(28-8-4-5-17-36-28)38-33(37-29)22-6-2-1-3-7-22;33-22-11-15-28-25(18-22)26-19-23(34)12-16-29(26)39(28)24-13-9-21(10-14-24)31-36-30(20-6-2-1-3-7-20)37-32(38-31)27-8-4-5-17-35-27/h2*1-20H;1-19H. The molecule has 0 aliphatic heterocycles. The van der Waals surface area contributed by atoms with Crippen molar-refractivity contribution in [1.82, 2.24) is 63.5 Å². The fourth-order valence-corrected chi connectivity index (χ4v) is 14.9. The monoisotopic (exact) mass is 1530 g/mol. The first-order chi connectivity index (χ1) is 57.4. The number of rotatable bonds is 12. The molecule has 0 saturated carbocycles. The maximum Gasteiger partial charge on any atom is 0.182 e. The lowest BCUT2D eigenvalue weighted by Gasteiger charge is -2.11. The fraction of sp³-hybridized carbons (Fsp3) is 0. The Bertz CT molecular complexity index is 6240. The summed E-state index contributed by atoms with van der Waals surface area (Å²) in [4.78, 5) is 46.6. The molecule has 10 aromatic heterocycles. The molecule has 0 aliphatic carbocycles. The molecule has 0 aliphatic rings. The molecule has 13 nitrogen and oxygen atoms in total. The van der Waals surface area contributed by atoms with Gasteiger partial charge in [-0.15, -0.1) is 0 Å². The van der Waals surface area contributed by atoms with Crippen LogP contribution in [0.25, 0.3) is 185 Å². The van der Waals surface area contributed by atoms with E-state index in [1.807, 2.05) is 238 Å². The molecule has 0 radical (unpaired) electrons. The van der Waals surface area contributed by atoms with E-state index in [9.17, 15) is 26.3 Å². The highest BCUT2D eigenvalue weighted by atomic mass is 19.1. The van der Waals surface area contributed by atoms with E-state index >= 15 is 0 Å². The molecule has 11 aromatic carbocycles. The minimum atomic E-state index is -0.367. The molecule has 117 heavy (non-hydrogen) atoms. The third-order valence-electron chi connectivity index (χ3n) is 20.3.